The van der Waals surface area contributed by atoms with Gasteiger partial charge < -0.3 is 9.47 Å². The number of unbranched alkanes of at least 4 members (excludes halogenated alkanes) is 1. The van der Waals surface area contributed by atoms with Gasteiger partial charge in [-0.25, -0.2) is 0 Å². The molecular formula is C24H28N2O. The van der Waals surface area contributed by atoms with Gasteiger partial charge in [0.05, 0.1) is 6.54 Å². The first-order chi connectivity index (χ1) is 13.2. The van der Waals surface area contributed by atoms with E-state index in [0.29, 0.717) is 6.54 Å². The number of hydrogen-bond donors (Lipinski definition) is 0. The summed E-state index contributed by atoms with van der Waals surface area (Å²) in [5.41, 5.74) is 4.26. The van der Waals surface area contributed by atoms with Crippen LogP contribution in [0.5, 0.6) is 0 Å². The minimum atomic E-state index is 0.119. The lowest BCUT2D eigenvalue weighted by atomic mass is 10.1. The molecule has 0 aliphatic rings. The molecule has 3 rings (SSSR count). The number of nitrogens with zero attached hydrogens (tertiary/aromatic N) is 2. The fourth-order valence-electron chi connectivity index (χ4n) is 3.31. The maximum atomic E-state index is 13.2. The molecule has 1 amide bonds. The molecule has 0 saturated heterocycles. The molecule has 140 valence electrons. The predicted molar refractivity (Wildman–Crippen MR) is 111 cm³/mol. The number of hydrogen-bond acceptors (Lipinski definition) is 1. The van der Waals surface area contributed by atoms with Crippen molar-refractivity contribution >= 4 is 5.91 Å². The Morgan fingerprint density at radius 3 is 2.44 bits per heavy atom. The second kappa shape index (κ2) is 9.22. The molecule has 0 fully saturated rings. The third-order valence-corrected chi connectivity index (χ3v) is 4.92. The Hall–Kier alpha value is -2.81. The van der Waals surface area contributed by atoms with E-state index in [1.165, 1.54) is 5.56 Å². The lowest BCUT2D eigenvalue weighted by molar-refractivity contribution is 0.0736. The van der Waals surface area contributed by atoms with Crippen LogP contribution in [0.3, 0.4) is 0 Å². The van der Waals surface area contributed by atoms with Crippen molar-refractivity contribution in [1.82, 2.24) is 9.47 Å². The summed E-state index contributed by atoms with van der Waals surface area (Å²) in [5.74, 6) is 0.119. The minimum Gasteiger partial charge on any atom is -0.345 e. The summed E-state index contributed by atoms with van der Waals surface area (Å²) < 4.78 is 2.24. The van der Waals surface area contributed by atoms with Crippen LogP contribution in [-0.2, 0) is 13.1 Å². The van der Waals surface area contributed by atoms with E-state index < -0.39 is 0 Å². The smallest absolute Gasteiger partial charge is 0.254 e. The first-order valence-electron chi connectivity index (χ1n) is 9.72. The van der Waals surface area contributed by atoms with E-state index in [4.69, 9.17) is 0 Å². The number of carbonyl (C=O) groups is 1. The van der Waals surface area contributed by atoms with Crippen LogP contribution in [-0.4, -0.2) is 21.9 Å². The van der Waals surface area contributed by atoms with E-state index >= 15 is 0 Å². The molecule has 3 heteroatoms. The Morgan fingerprint density at radius 2 is 1.70 bits per heavy atom. The zero-order valence-corrected chi connectivity index (χ0v) is 16.3. The van der Waals surface area contributed by atoms with Crippen LogP contribution in [0, 0.1) is 6.92 Å². The molecule has 0 aliphatic carbocycles. The summed E-state index contributed by atoms with van der Waals surface area (Å²) in [6, 6.07) is 22.5. The van der Waals surface area contributed by atoms with Crippen LogP contribution in [0.25, 0.3) is 0 Å². The fourth-order valence-corrected chi connectivity index (χ4v) is 3.31. The van der Waals surface area contributed by atoms with Gasteiger partial charge in [-0.2, -0.15) is 0 Å². The summed E-state index contributed by atoms with van der Waals surface area (Å²) in [6.07, 6.45) is 4.18. The Labute approximate surface area is 162 Å². The first-order valence-corrected chi connectivity index (χ1v) is 9.72. The molecule has 27 heavy (non-hydrogen) atoms. The van der Waals surface area contributed by atoms with E-state index in [-0.39, 0.29) is 5.91 Å². The summed E-state index contributed by atoms with van der Waals surface area (Å²) in [6.45, 7) is 6.40. The molecule has 0 atom stereocenters. The second-order valence-corrected chi connectivity index (χ2v) is 7.01. The largest absolute Gasteiger partial charge is 0.345 e. The average Bonchev–Trinajstić information content (AvgIpc) is 3.12. The van der Waals surface area contributed by atoms with Crippen molar-refractivity contribution in [3.05, 3.63) is 95.3 Å². The molecule has 0 saturated carbocycles. The maximum absolute atomic E-state index is 13.2. The summed E-state index contributed by atoms with van der Waals surface area (Å²) in [7, 11) is 0. The molecule has 0 bridgehead atoms. The van der Waals surface area contributed by atoms with E-state index in [1.54, 1.807) is 0 Å². The van der Waals surface area contributed by atoms with Crippen molar-refractivity contribution in [2.24, 2.45) is 0 Å². The van der Waals surface area contributed by atoms with Gasteiger partial charge in [0.15, 0.2) is 0 Å². The second-order valence-electron chi connectivity index (χ2n) is 7.01. The van der Waals surface area contributed by atoms with Crippen molar-refractivity contribution in [1.29, 1.82) is 0 Å². The zero-order chi connectivity index (χ0) is 19.1. The van der Waals surface area contributed by atoms with Crippen LogP contribution in [0.1, 0.15) is 46.9 Å². The van der Waals surface area contributed by atoms with Crippen LogP contribution in [0.4, 0.5) is 0 Å². The molecule has 2 aromatic carbocycles. The minimum absolute atomic E-state index is 0.119. The molecule has 3 aromatic rings. The third kappa shape index (κ3) is 4.88. The quantitative estimate of drug-likeness (QED) is 0.536. The molecule has 0 unspecified atom stereocenters. The maximum Gasteiger partial charge on any atom is 0.254 e. The highest BCUT2D eigenvalue weighted by Gasteiger charge is 2.18. The first kappa shape index (κ1) is 19.0. The number of aromatic nitrogens is 1. The Balaban J connectivity index is 1.80. The molecule has 0 radical (unpaired) electrons. The van der Waals surface area contributed by atoms with Crippen molar-refractivity contribution in [2.75, 3.05) is 6.54 Å². The lowest BCUT2D eigenvalue weighted by Crippen LogP contribution is -2.32. The highest BCUT2D eigenvalue weighted by molar-refractivity contribution is 5.95. The van der Waals surface area contributed by atoms with Gasteiger partial charge in [0.2, 0.25) is 0 Å². The van der Waals surface area contributed by atoms with E-state index in [2.05, 4.69) is 54.1 Å². The van der Waals surface area contributed by atoms with E-state index in [9.17, 15) is 4.79 Å². The molecule has 0 spiro atoms. The fraction of sp³-hybridized carbons (Fsp3) is 0.292. The molecular weight excluding hydrogens is 332 g/mol. The predicted octanol–water partition coefficient (Wildman–Crippen LogP) is 5.29. The Kier molecular flexibility index (Phi) is 6.48. The van der Waals surface area contributed by atoms with Gasteiger partial charge in [0.25, 0.3) is 5.91 Å². The zero-order valence-electron chi connectivity index (χ0n) is 16.3. The van der Waals surface area contributed by atoms with Gasteiger partial charge in [-0.15, -0.1) is 0 Å². The van der Waals surface area contributed by atoms with Gasteiger partial charge in [-0.05, 0) is 42.7 Å². The van der Waals surface area contributed by atoms with Gasteiger partial charge in [-0.3, -0.25) is 4.79 Å². The van der Waals surface area contributed by atoms with E-state index in [0.717, 1.165) is 42.8 Å². The van der Waals surface area contributed by atoms with Crippen LogP contribution < -0.4 is 0 Å². The molecule has 0 N–H and O–H groups in total. The van der Waals surface area contributed by atoms with E-state index in [1.807, 2.05) is 42.2 Å². The van der Waals surface area contributed by atoms with Crippen molar-refractivity contribution in [2.45, 2.75) is 39.8 Å². The van der Waals surface area contributed by atoms with Crippen LogP contribution in [0.2, 0.25) is 0 Å². The normalized spacial score (nSPS) is 10.7. The van der Waals surface area contributed by atoms with Gasteiger partial charge >= 0.3 is 0 Å². The third-order valence-electron chi connectivity index (χ3n) is 4.92. The molecule has 3 nitrogen and oxygen atoms in total. The number of amides is 1. The van der Waals surface area contributed by atoms with Gasteiger partial charge in [-0.1, -0.05) is 61.9 Å². The summed E-state index contributed by atoms with van der Waals surface area (Å²) >= 11 is 0. The summed E-state index contributed by atoms with van der Waals surface area (Å²) in [5, 5.41) is 0. The molecule has 0 aliphatic heterocycles. The Morgan fingerprint density at radius 1 is 0.963 bits per heavy atom. The highest BCUT2D eigenvalue weighted by Crippen LogP contribution is 2.16. The number of aryl methyl sites for hydroxylation is 1. The van der Waals surface area contributed by atoms with Crippen LogP contribution in [0.15, 0.2) is 72.9 Å². The highest BCUT2D eigenvalue weighted by atomic mass is 16.2. The van der Waals surface area contributed by atoms with Crippen LogP contribution >= 0.6 is 0 Å². The van der Waals surface area contributed by atoms with Gasteiger partial charge in [0, 0.05) is 30.5 Å². The monoisotopic (exact) mass is 360 g/mol. The van der Waals surface area contributed by atoms with Crippen molar-refractivity contribution in [3.63, 3.8) is 0 Å². The standard InChI is InChI=1S/C24H28N2O/c1-3-4-16-26(24(27)23-15-9-8-11-20(23)2)19-22-14-10-17-25(22)18-21-12-6-5-7-13-21/h5-15,17H,3-4,16,18-19H2,1-2H3. The lowest BCUT2D eigenvalue weighted by Gasteiger charge is -2.24. The molecule has 1 aromatic heterocycles. The summed E-state index contributed by atoms with van der Waals surface area (Å²) in [4.78, 5) is 15.2. The number of benzene rings is 2. The van der Waals surface area contributed by atoms with Crippen molar-refractivity contribution < 1.29 is 4.79 Å². The Bertz CT molecular complexity index is 867. The number of rotatable bonds is 8. The average molecular weight is 361 g/mol. The van der Waals surface area contributed by atoms with Gasteiger partial charge in [0.1, 0.15) is 0 Å². The number of carbonyl (C=O) groups excluding carboxylic acids is 1. The van der Waals surface area contributed by atoms with Crippen molar-refractivity contribution in [3.8, 4) is 0 Å². The SMILES string of the molecule is CCCCN(Cc1cccn1Cc1ccccc1)C(=O)c1ccccc1C. The molecule has 1 heterocycles. The topological polar surface area (TPSA) is 25.2 Å².